The molecule has 0 saturated carbocycles. The van der Waals surface area contributed by atoms with Crippen LogP contribution in [0.1, 0.15) is 24.0 Å². The molecule has 0 bridgehead atoms. The monoisotopic (exact) mass is 441 g/mol. The van der Waals surface area contributed by atoms with Crippen molar-refractivity contribution < 1.29 is 19.0 Å². The average Bonchev–Trinajstić information content (AvgIpc) is 3.16. The Hall–Kier alpha value is -3.17. The van der Waals surface area contributed by atoms with Gasteiger partial charge in [-0.25, -0.2) is 9.37 Å². The summed E-state index contributed by atoms with van der Waals surface area (Å²) >= 11 is 0. The van der Waals surface area contributed by atoms with Crippen molar-refractivity contribution in [2.24, 2.45) is 0 Å². The maximum Gasteiger partial charge on any atom is 0.229 e. The molecule has 8 nitrogen and oxygen atoms in total. The third-order valence-corrected chi connectivity index (χ3v) is 5.66. The van der Waals surface area contributed by atoms with Gasteiger partial charge in [-0.15, -0.1) is 0 Å². The van der Waals surface area contributed by atoms with Crippen LogP contribution in [-0.2, 0) is 6.54 Å². The Morgan fingerprint density at radius 1 is 1.12 bits per heavy atom. The molecular weight excluding hydrogens is 413 g/mol. The Morgan fingerprint density at radius 2 is 1.81 bits per heavy atom. The van der Waals surface area contributed by atoms with Gasteiger partial charge in [-0.1, -0.05) is 0 Å². The van der Waals surface area contributed by atoms with Crippen molar-refractivity contribution in [2.45, 2.75) is 32.4 Å². The number of piperidine rings is 1. The van der Waals surface area contributed by atoms with Crippen LogP contribution in [0.3, 0.4) is 0 Å². The third kappa shape index (κ3) is 5.00. The van der Waals surface area contributed by atoms with Crippen molar-refractivity contribution in [2.75, 3.05) is 32.6 Å². The molecule has 32 heavy (non-hydrogen) atoms. The molecule has 4 rings (SSSR count). The van der Waals surface area contributed by atoms with E-state index in [4.69, 9.17) is 9.47 Å². The number of anilines is 2. The van der Waals surface area contributed by atoms with Gasteiger partial charge >= 0.3 is 0 Å². The zero-order chi connectivity index (χ0) is 22.7. The van der Waals surface area contributed by atoms with Gasteiger partial charge in [-0.3, -0.25) is 4.90 Å². The van der Waals surface area contributed by atoms with Crippen LogP contribution in [0, 0.1) is 12.7 Å². The van der Waals surface area contributed by atoms with Crippen LogP contribution in [0.15, 0.2) is 36.8 Å². The maximum absolute atomic E-state index is 14.6. The number of hydrogen-bond donors (Lipinski definition) is 2. The lowest BCUT2D eigenvalue weighted by Gasteiger charge is -2.29. The second-order valence-electron chi connectivity index (χ2n) is 7.97. The van der Waals surface area contributed by atoms with E-state index >= 15 is 0 Å². The maximum atomic E-state index is 14.6. The minimum absolute atomic E-state index is 0.167. The number of nitrogens with zero attached hydrogens (tertiary/aromatic N) is 4. The summed E-state index contributed by atoms with van der Waals surface area (Å²) in [4.78, 5) is 10.8. The summed E-state index contributed by atoms with van der Waals surface area (Å²) in [6, 6.07) is 5.32. The number of aliphatic hydroxyl groups excluding tert-OH is 1. The second kappa shape index (κ2) is 9.54. The lowest BCUT2D eigenvalue weighted by atomic mass is 10.1. The number of aliphatic hydroxyl groups is 1. The van der Waals surface area contributed by atoms with Crippen LogP contribution in [0.25, 0.3) is 5.82 Å². The Kier molecular flexibility index (Phi) is 6.57. The van der Waals surface area contributed by atoms with Gasteiger partial charge in [0.15, 0.2) is 11.6 Å². The standard InChI is InChI=1S/C23H28FN5O3/c1-15-12-29(14-16(15)13-28-6-4-18(30)5-7-28)22-21(24)11-25-23(27-22)26-17-8-19(31-2)10-20(9-17)32-3/h8-12,14,18,30H,4-7,13H2,1-3H3,(H,25,26,27). The number of hydrogen-bond acceptors (Lipinski definition) is 7. The van der Waals surface area contributed by atoms with Crippen molar-refractivity contribution >= 4 is 11.6 Å². The molecule has 170 valence electrons. The number of rotatable bonds is 7. The first kappa shape index (κ1) is 22.0. The number of benzene rings is 1. The molecule has 1 saturated heterocycles. The first-order chi connectivity index (χ1) is 15.4. The number of methoxy groups -OCH3 is 2. The normalized spacial score (nSPS) is 15.0. The fourth-order valence-electron chi connectivity index (χ4n) is 3.81. The van der Waals surface area contributed by atoms with Gasteiger partial charge in [-0.2, -0.15) is 4.98 Å². The molecule has 0 atom stereocenters. The number of aromatic nitrogens is 3. The van der Waals surface area contributed by atoms with Gasteiger partial charge in [0.05, 0.1) is 26.5 Å². The number of ether oxygens (including phenoxy) is 2. The first-order valence-electron chi connectivity index (χ1n) is 10.6. The van der Waals surface area contributed by atoms with E-state index in [9.17, 15) is 9.50 Å². The molecule has 0 unspecified atom stereocenters. The molecular formula is C23H28FN5O3. The highest BCUT2D eigenvalue weighted by atomic mass is 19.1. The van der Waals surface area contributed by atoms with E-state index in [0.717, 1.165) is 49.8 Å². The highest BCUT2D eigenvalue weighted by Crippen LogP contribution is 2.28. The van der Waals surface area contributed by atoms with E-state index in [0.29, 0.717) is 17.2 Å². The van der Waals surface area contributed by atoms with Crippen molar-refractivity contribution in [1.82, 2.24) is 19.4 Å². The van der Waals surface area contributed by atoms with E-state index in [2.05, 4.69) is 20.2 Å². The zero-order valence-electron chi connectivity index (χ0n) is 18.5. The Labute approximate surface area is 186 Å². The van der Waals surface area contributed by atoms with Gasteiger partial charge in [0.1, 0.15) is 11.5 Å². The largest absolute Gasteiger partial charge is 0.497 e. The lowest BCUT2D eigenvalue weighted by molar-refractivity contribution is 0.0792. The Balaban J connectivity index is 1.56. The van der Waals surface area contributed by atoms with E-state index < -0.39 is 5.82 Å². The highest BCUT2D eigenvalue weighted by Gasteiger charge is 2.19. The van der Waals surface area contributed by atoms with Gasteiger partial charge in [0, 0.05) is 55.9 Å². The van der Waals surface area contributed by atoms with Crippen LogP contribution in [0.2, 0.25) is 0 Å². The molecule has 3 heterocycles. The molecule has 9 heteroatoms. The third-order valence-electron chi connectivity index (χ3n) is 5.66. The van der Waals surface area contributed by atoms with Gasteiger partial charge in [-0.05, 0) is 30.9 Å². The summed E-state index contributed by atoms with van der Waals surface area (Å²) < 4.78 is 26.9. The summed E-state index contributed by atoms with van der Waals surface area (Å²) in [5, 5.41) is 12.8. The zero-order valence-corrected chi connectivity index (χ0v) is 18.5. The van der Waals surface area contributed by atoms with Gasteiger partial charge in [0.25, 0.3) is 0 Å². The highest BCUT2D eigenvalue weighted by molar-refractivity contribution is 5.59. The predicted molar refractivity (Wildman–Crippen MR) is 119 cm³/mol. The van der Waals surface area contributed by atoms with Crippen LogP contribution < -0.4 is 14.8 Å². The molecule has 3 aromatic rings. The summed E-state index contributed by atoms with van der Waals surface area (Å²) in [5.41, 5.74) is 2.82. The minimum atomic E-state index is -0.513. The van der Waals surface area contributed by atoms with Crippen molar-refractivity contribution in [3.05, 3.63) is 53.7 Å². The molecule has 1 aliphatic heterocycles. The number of nitrogens with one attached hydrogen (secondary N) is 1. The molecule has 1 aromatic carbocycles. The number of halogens is 1. The second-order valence-corrected chi connectivity index (χ2v) is 7.97. The van der Waals surface area contributed by atoms with Crippen molar-refractivity contribution in [3.63, 3.8) is 0 Å². The first-order valence-corrected chi connectivity index (χ1v) is 10.6. The molecule has 1 aliphatic rings. The van der Waals surface area contributed by atoms with Gasteiger partial charge < -0.3 is 24.5 Å². The Bertz CT molecular complexity index is 1060. The number of likely N-dealkylation sites (tertiary alicyclic amines) is 1. The van der Waals surface area contributed by atoms with E-state index in [-0.39, 0.29) is 17.9 Å². The number of aryl methyl sites for hydroxylation is 1. The molecule has 0 radical (unpaired) electrons. The van der Waals surface area contributed by atoms with Gasteiger partial charge in [0.2, 0.25) is 5.95 Å². The predicted octanol–water partition coefficient (Wildman–Crippen LogP) is 3.43. The van der Waals surface area contributed by atoms with Crippen molar-refractivity contribution in [1.29, 1.82) is 0 Å². The van der Waals surface area contributed by atoms with Crippen LogP contribution in [0.5, 0.6) is 11.5 Å². The van der Waals surface area contributed by atoms with E-state index in [1.807, 2.05) is 19.3 Å². The SMILES string of the molecule is COc1cc(Nc2ncc(F)c(-n3cc(C)c(CN4CCC(O)CC4)c3)n2)cc(OC)c1. The summed E-state index contributed by atoms with van der Waals surface area (Å²) in [7, 11) is 3.14. The van der Waals surface area contributed by atoms with E-state index in [1.165, 1.54) is 0 Å². The van der Waals surface area contributed by atoms with Crippen molar-refractivity contribution in [3.8, 4) is 17.3 Å². The van der Waals surface area contributed by atoms with Crippen LogP contribution in [-0.4, -0.2) is 58.0 Å². The molecule has 0 amide bonds. The topological polar surface area (TPSA) is 84.7 Å². The summed E-state index contributed by atoms with van der Waals surface area (Å²) in [5.74, 6) is 1.15. The van der Waals surface area contributed by atoms with Crippen LogP contribution >= 0.6 is 0 Å². The fraction of sp³-hybridized carbons (Fsp3) is 0.391. The summed E-state index contributed by atoms with van der Waals surface area (Å²) in [6.07, 6.45) is 6.29. The smallest absolute Gasteiger partial charge is 0.229 e. The molecule has 1 fully saturated rings. The van der Waals surface area contributed by atoms with E-state index in [1.54, 1.807) is 37.0 Å². The molecule has 0 spiro atoms. The minimum Gasteiger partial charge on any atom is -0.497 e. The van der Waals surface area contributed by atoms with Crippen LogP contribution in [0.4, 0.5) is 16.0 Å². The molecule has 2 N–H and O–H groups in total. The molecule has 0 aliphatic carbocycles. The summed E-state index contributed by atoms with van der Waals surface area (Å²) in [6.45, 7) is 4.47. The molecule has 2 aromatic heterocycles. The average molecular weight is 442 g/mol. The lowest BCUT2D eigenvalue weighted by Crippen LogP contribution is -2.35. The quantitative estimate of drug-likeness (QED) is 0.581. The Morgan fingerprint density at radius 3 is 2.47 bits per heavy atom. The fourth-order valence-corrected chi connectivity index (χ4v) is 3.81.